The number of benzene rings is 1. The van der Waals surface area contributed by atoms with Crippen molar-refractivity contribution in [2.45, 2.75) is 18.3 Å². The summed E-state index contributed by atoms with van der Waals surface area (Å²) in [6.07, 6.45) is -4.65. The van der Waals surface area contributed by atoms with Crippen LogP contribution >= 0.6 is 0 Å². The number of hydrogen-bond donors (Lipinski definition) is 1. The lowest BCUT2D eigenvalue weighted by Gasteiger charge is -2.22. The van der Waals surface area contributed by atoms with Crippen LogP contribution in [0.3, 0.4) is 0 Å². The topological polar surface area (TPSA) is 65.4 Å². The number of nitriles is 1. The molecule has 1 aromatic carbocycles. The van der Waals surface area contributed by atoms with Gasteiger partial charge in [0.05, 0.1) is 42.5 Å². The molecule has 2 amide bonds. The molecule has 2 fully saturated rings. The fourth-order valence-corrected chi connectivity index (χ4v) is 2.64. The van der Waals surface area contributed by atoms with Gasteiger partial charge in [0.15, 0.2) is 0 Å². The van der Waals surface area contributed by atoms with Crippen LogP contribution in [0.1, 0.15) is 11.1 Å². The zero-order chi connectivity index (χ0) is 15.2. The highest BCUT2D eigenvalue weighted by molar-refractivity contribution is 5.96. The lowest BCUT2D eigenvalue weighted by molar-refractivity contribution is -0.137. The van der Waals surface area contributed by atoms with Crippen molar-refractivity contribution in [1.29, 1.82) is 5.26 Å². The maximum absolute atomic E-state index is 13.0. The van der Waals surface area contributed by atoms with E-state index in [1.54, 1.807) is 0 Å². The molecular formula is C13H10F3N3O2. The molecule has 2 saturated heterocycles. The van der Waals surface area contributed by atoms with Gasteiger partial charge < -0.3 is 10.1 Å². The predicted octanol–water partition coefficient (Wildman–Crippen LogP) is 1.87. The van der Waals surface area contributed by atoms with Crippen LogP contribution in [0.2, 0.25) is 0 Å². The first-order valence-corrected chi connectivity index (χ1v) is 6.20. The number of ether oxygens (including phenoxy) is 1. The average Bonchev–Trinajstić information content (AvgIpc) is 2.97. The molecule has 1 N–H and O–H groups in total. The van der Waals surface area contributed by atoms with E-state index in [-0.39, 0.29) is 24.4 Å². The number of urea groups is 1. The van der Waals surface area contributed by atoms with Crippen molar-refractivity contribution in [3.05, 3.63) is 29.3 Å². The second-order valence-electron chi connectivity index (χ2n) is 4.87. The van der Waals surface area contributed by atoms with Crippen molar-refractivity contribution in [2.75, 3.05) is 18.1 Å². The van der Waals surface area contributed by atoms with Gasteiger partial charge in [-0.1, -0.05) is 0 Å². The summed E-state index contributed by atoms with van der Waals surface area (Å²) >= 11 is 0. The lowest BCUT2D eigenvalue weighted by atomic mass is 10.1. The Labute approximate surface area is 117 Å². The molecule has 0 radical (unpaired) electrons. The third-order valence-corrected chi connectivity index (χ3v) is 3.62. The van der Waals surface area contributed by atoms with Crippen LogP contribution in [-0.4, -0.2) is 31.3 Å². The molecule has 3 rings (SSSR count). The second kappa shape index (κ2) is 4.63. The largest absolute Gasteiger partial charge is 0.417 e. The Morgan fingerprint density at radius 3 is 2.81 bits per heavy atom. The number of halogens is 3. The molecule has 2 atom stereocenters. The standard InChI is InChI=1S/C13H10F3N3O2/c14-13(15,16)9-3-8(2-1-7(9)4-17)19-11-6-21-5-10(11)18-12(19)20/h1-3,10-11H,5-6H2,(H,18,20). The molecule has 0 saturated carbocycles. The third kappa shape index (κ3) is 2.19. The molecule has 2 aliphatic heterocycles. The smallest absolute Gasteiger partial charge is 0.377 e. The molecule has 110 valence electrons. The normalized spacial score (nSPS) is 24.7. The number of alkyl halides is 3. The summed E-state index contributed by atoms with van der Waals surface area (Å²) < 4.78 is 44.1. The Morgan fingerprint density at radius 2 is 2.14 bits per heavy atom. The summed E-state index contributed by atoms with van der Waals surface area (Å²) in [7, 11) is 0. The number of carbonyl (C=O) groups excluding carboxylic acids is 1. The van der Waals surface area contributed by atoms with E-state index in [1.807, 2.05) is 0 Å². The summed E-state index contributed by atoms with van der Waals surface area (Å²) in [4.78, 5) is 13.2. The van der Waals surface area contributed by atoms with Crippen LogP contribution < -0.4 is 10.2 Å². The fourth-order valence-electron chi connectivity index (χ4n) is 2.64. The monoisotopic (exact) mass is 297 g/mol. The molecule has 8 heteroatoms. The molecule has 5 nitrogen and oxygen atoms in total. The zero-order valence-electron chi connectivity index (χ0n) is 10.6. The molecule has 0 bridgehead atoms. The van der Waals surface area contributed by atoms with E-state index in [0.717, 1.165) is 12.1 Å². The van der Waals surface area contributed by atoms with Gasteiger partial charge in [0, 0.05) is 5.69 Å². The van der Waals surface area contributed by atoms with Crippen LogP contribution in [0, 0.1) is 11.3 Å². The number of hydrogen-bond acceptors (Lipinski definition) is 3. The molecule has 2 unspecified atom stereocenters. The van der Waals surface area contributed by atoms with E-state index >= 15 is 0 Å². The van der Waals surface area contributed by atoms with Gasteiger partial charge in [0.1, 0.15) is 0 Å². The van der Waals surface area contributed by atoms with Crippen molar-refractivity contribution in [1.82, 2.24) is 5.32 Å². The van der Waals surface area contributed by atoms with Gasteiger partial charge >= 0.3 is 12.2 Å². The minimum Gasteiger partial charge on any atom is -0.377 e. The van der Waals surface area contributed by atoms with Crippen molar-refractivity contribution in [3.8, 4) is 6.07 Å². The molecule has 1 aromatic rings. The molecule has 21 heavy (non-hydrogen) atoms. The number of anilines is 1. The molecule has 2 aliphatic rings. The summed E-state index contributed by atoms with van der Waals surface area (Å²) in [5.41, 5.74) is -1.40. The van der Waals surface area contributed by atoms with E-state index in [2.05, 4.69) is 5.32 Å². The van der Waals surface area contributed by atoms with Crippen LogP contribution in [0.4, 0.5) is 23.7 Å². The van der Waals surface area contributed by atoms with Crippen molar-refractivity contribution in [3.63, 3.8) is 0 Å². The van der Waals surface area contributed by atoms with Gasteiger partial charge in [-0.05, 0) is 18.2 Å². The third-order valence-electron chi connectivity index (χ3n) is 3.62. The summed E-state index contributed by atoms with van der Waals surface area (Å²) in [6, 6.07) is 3.77. The Bertz CT molecular complexity index is 639. The quantitative estimate of drug-likeness (QED) is 0.860. The first-order valence-electron chi connectivity index (χ1n) is 6.20. The predicted molar refractivity (Wildman–Crippen MR) is 65.6 cm³/mol. The minimum absolute atomic E-state index is 0.108. The Balaban J connectivity index is 2.04. The summed E-state index contributed by atoms with van der Waals surface area (Å²) in [5.74, 6) is 0. The zero-order valence-corrected chi connectivity index (χ0v) is 10.6. The summed E-state index contributed by atoms with van der Waals surface area (Å²) in [6.45, 7) is 0.611. The first-order chi connectivity index (χ1) is 9.91. The average molecular weight is 297 g/mol. The van der Waals surface area contributed by atoms with Crippen molar-refractivity contribution < 1.29 is 22.7 Å². The first kappa shape index (κ1) is 13.7. The molecule has 0 aromatic heterocycles. The highest BCUT2D eigenvalue weighted by Gasteiger charge is 2.44. The maximum Gasteiger partial charge on any atom is 0.417 e. The van der Waals surface area contributed by atoms with Crippen LogP contribution in [0.25, 0.3) is 0 Å². The number of amides is 2. The number of fused-ring (bicyclic) bond motifs is 1. The number of nitrogens with one attached hydrogen (secondary N) is 1. The van der Waals surface area contributed by atoms with Crippen molar-refractivity contribution in [2.24, 2.45) is 0 Å². The number of nitrogens with zero attached hydrogens (tertiary/aromatic N) is 2. The highest BCUT2D eigenvalue weighted by atomic mass is 19.4. The van der Waals surface area contributed by atoms with Crippen LogP contribution in [0.5, 0.6) is 0 Å². The Morgan fingerprint density at radius 1 is 1.38 bits per heavy atom. The van der Waals surface area contributed by atoms with E-state index in [1.165, 1.54) is 17.0 Å². The van der Waals surface area contributed by atoms with Crippen molar-refractivity contribution >= 4 is 11.7 Å². The van der Waals surface area contributed by atoms with E-state index in [9.17, 15) is 18.0 Å². The number of rotatable bonds is 1. The second-order valence-corrected chi connectivity index (χ2v) is 4.87. The van der Waals surface area contributed by atoms with E-state index in [0.29, 0.717) is 6.61 Å². The molecular weight excluding hydrogens is 287 g/mol. The molecule has 0 aliphatic carbocycles. The van der Waals surface area contributed by atoms with E-state index < -0.39 is 23.3 Å². The number of carbonyl (C=O) groups is 1. The van der Waals surface area contributed by atoms with Gasteiger partial charge in [-0.2, -0.15) is 18.4 Å². The molecule has 0 spiro atoms. The Hall–Kier alpha value is -2.27. The maximum atomic E-state index is 13.0. The molecule has 2 heterocycles. The lowest BCUT2D eigenvalue weighted by Crippen LogP contribution is -2.36. The van der Waals surface area contributed by atoms with Crippen LogP contribution in [0.15, 0.2) is 18.2 Å². The SMILES string of the molecule is N#Cc1ccc(N2C(=O)NC3COCC32)cc1C(F)(F)F. The van der Waals surface area contributed by atoms with E-state index in [4.69, 9.17) is 10.00 Å². The van der Waals surface area contributed by atoms with Gasteiger partial charge in [0.25, 0.3) is 0 Å². The Kier molecular flexibility index (Phi) is 3.02. The van der Waals surface area contributed by atoms with Gasteiger partial charge in [-0.15, -0.1) is 0 Å². The van der Waals surface area contributed by atoms with Gasteiger partial charge in [-0.3, -0.25) is 4.90 Å². The fraction of sp³-hybridized carbons (Fsp3) is 0.385. The van der Waals surface area contributed by atoms with Gasteiger partial charge in [0.2, 0.25) is 0 Å². The highest BCUT2D eigenvalue weighted by Crippen LogP contribution is 2.36. The van der Waals surface area contributed by atoms with Gasteiger partial charge in [-0.25, -0.2) is 4.79 Å². The minimum atomic E-state index is -4.65. The van der Waals surface area contributed by atoms with Crippen LogP contribution in [-0.2, 0) is 10.9 Å². The summed E-state index contributed by atoms with van der Waals surface area (Å²) in [5, 5.41) is 11.4.